The molecule has 0 unspecified atom stereocenters. The summed E-state index contributed by atoms with van der Waals surface area (Å²) in [5.41, 5.74) is 5.73. The van der Waals surface area contributed by atoms with E-state index in [1.165, 1.54) is 16.7 Å². The van der Waals surface area contributed by atoms with Crippen molar-refractivity contribution in [2.75, 3.05) is 27.2 Å². The predicted octanol–water partition coefficient (Wildman–Crippen LogP) is 3.36. The minimum atomic E-state index is 0.0605. The molecule has 0 radical (unpaired) electrons. The lowest BCUT2D eigenvalue weighted by Crippen LogP contribution is -2.32. The third-order valence-electron chi connectivity index (χ3n) is 4.38. The molecule has 0 spiro atoms. The van der Waals surface area contributed by atoms with Crippen molar-refractivity contribution in [1.29, 1.82) is 0 Å². The monoisotopic (exact) mass is 335 g/mol. The molecule has 1 aromatic heterocycles. The van der Waals surface area contributed by atoms with E-state index in [9.17, 15) is 4.79 Å². The molecule has 0 bridgehead atoms. The highest BCUT2D eigenvalue weighted by molar-refractivity contribution is 5.91. The quantitative estimate of drug-likeness (QED) is 0.726. The first-order chi connectivity index (χ1) is 12.0. The van der Waals surface area contributed by atoms with E-state index in [-0.39, 0.29) is 5.91 Å². The van der Waals surface area contributed by atoms with Crippen molar-refractivity contribution in [3.8, 4) is 11.1 Å². The zero-order valence-corrected chi connectivity index (χ0v) is 15.1. The highest BCUT2D eigenvalue weighted by Gasteiger charge is 2.09. The topological polar surface area (TPSA) is 48.1 Å². The van der Waals surface area contributed by atoms with Crippen LogP contribution < -0.4 is 5.32 Å². The van der Waals surface area contributed by atoms with Gasteiger partial charge in [-0.05, 0) is 43.8 Å². The lowest BCUT2D eigenvalue weighted by molar-refractivity contribution is -0.120. The molecule has 1 heterocycles. The molecule has 130 valence electrons. The number of aromatic amines is 1. The average Bonchev–Trinajstić information content (AvgIpc) is 2.97. The van der Waals surface area contributed by atoms with Gasteiger partial charge in [-0.2, -0.15) is 0 Å². The Bertz CT molecular complexity index is 862. The summed E-state index contributed by atoms with van der Waals surface area (Å²) in [7, 11) is 3.99. The fraction of sp³-hybridized carbons (Fsp3) is 0.286. The molecule has 3 aromatic rings. The lowest BCUT2D eigenvalue weighted by Gasteiger charge is -2.10. The molecule has 1 amide bonds. The fourth-order valence-corrected chi connectivity index (χ4v) is 2.91. The van der Waals surface area contributed by atoms with E-state index >= 15 is 0 Å². The second kappa shape index (κ2) is 7.53. The van der Waals surface area contributed by atoms with Crippen molar-refractivity contribution in [1.82, 2.24) is 15.2 Å². The highest BCUT2D eigenvalue weighted by atomic mass is 16.1. The number of amides is 1. The van der Waals surface area contributed by atoms with E-state index in [1.54, 1.807) is 0 Å². The van der Waals surface area contributed by atoms with Crippen LogP contribution in [0.3, 0.4) is 0 Å². The number of H-pyrrole nitrogens is 1. The number of carbonyl (C=O) groups excluding carboxylic acids is 1. The molecular weight excluding hydrogens is 310 g/mol. The molecule has 2 N–H and O–H groups in total. The van der Waals surface area contributed by atoms with Crippen LogP contribution in [0.4, 0.5) is 0 Å². The van der Waals surface area contributed by atoms with Crippen molar-refractivity contribution in [2.45, 2.75) is 13.3 Å². The van der Waals surface area contributed by atoms with Gasteiger partial charge in [-0.1, -0.05) is 42.0 Å². The van der Waals surface area contributed by atoms with Crippen LogP contribution >= 0.6 is 0 Å². The Morgan fingerprint density at radius 2 is 1.80 bits per heavy atom. The molecule has 0 atom stereocenters. The summed E-state index contributed by atoms with van der Waals surface area (Å²) in [6.07, 6.45) is 2.34. The average molecular weight is 335 g/mol. The standard InChI is InChI=1S/C21H25N3O/c1-15-4-6-16(7-5-15)17-8-9-19-18(14-23-20(19)12-17)13-21(25)22-10-11-24(2)3/h4-9,12,14,23H,10-11,13H2,1-3H3,(H,22,25). The summed E-state index contributed by atoms with van der Waals surface area (Å²) >= 11 is 0. The molecule has 0 fully saturated rings. The molecule has 0 saturated heterocycles. The van der Waals surface area contributed by atoms with Gasteiger partial charge >= 0.3 is 0 Å². The van der Waals surface area contributed by atoms with Crippen LogP contribution in [0.2, 0.25) is 0 Å². The Kier molecular flexibility index (Phi) is 5.19. The molecule has 0 aliphatic heterocycles. The van der Waals surface area contributed by atoms with Gasteiger partial charge in [0.1, 0.15) is 0 Å². The Balaban J connectivity index is 1.74. The Morgan fingerprint density at radius 1 is 1.08 bits per heavy atom. The first-order valence-corrected chi connectivity index (χ1v) is 8.61. The number of fused-ring (bicyclic) bond motifs is 1. The number of aryl methyl sites for hydroxylation is 1. The molecule has 0 saturated carbocycles. The van der Waals surface area contributed by atoms with Gasteiger partial charge < -0.3 is 15.2 Å². The number of carbonyl (C=O) groups is 1. The Labute approximate surface area is 148 Å². The number of hydrogen-bond donors (Lipinski definition) is 2. The minimum Gasteiger partial charge on any atom is -0.361 e. The van der Waals surface area contributed by atoms with E-state index in [0.29, 0.717) is 13.0 Å². The van der Waals surface area contributed by atoms with E-state index in [4.69, 9.17) is 0 Å². The van der Waals surface area contributed by atoms with Gasteiger partial charge in [0.25, 0.3) is 0 Å². The van der Waals surface area contributed by atoms with E-state index in [1.807, 2.05) is 20.3 Å². The maximum absolute atomic E-state index is 12.1. The molecule has 0 aliphatic rings. The molecule has 4 heteroatoms. The molecule has 2 aromatic carbocycles. The van der Waals surface area contributed by atoms with E-state index in [2.05, 4.69) is 64.6 Å². The van der Waals surface area contributed by atoms with Crippen LogP contribution in [0.5, 0.6) is 0 Å². The summed E-state index contributed by atoms with van der Waals surface area (Å²) in [5.74, 6) is 0.0605. The van der Waals surface area contributed by atoms with Gasteiger partial charge in [0.2, 0.25) is 5.91 Å². The lowest BCUT2D eigenvalue weighted by atomic mass is 10.0. The number of likely N-dealkylation sites (N-methyl/N-ethyl adjacent to an activating group) is 1. The largest absolute Gasteiger partial charge is 0.361 e. The van der Waals surface area contributed by atoms with Crippen LogP contribution in [0.15, 0.2) is 48.7 Å². The molecular formula is C21H25N3O. The van der Waals surface area contributed by atoms with E-state index in [0.717, 1.165) is 23.0 Å². The van der Waals surface area contributed by atoms with Gasteiger partial charge in [0, 0.05) is 30.2 Å². The van der Waals surface area contributed by atoms with Crippen molar-refractivity contribution in [3.05, 3.63) is 59.8 Å². The highest BCUT2D eigenvalue weighted by Crippen LogP contribution is 2.26. The van der Waals surface area contributed by atoms with Crippen molar-refractivity contribution in [3.63, 3.8) is 0 Å². The summed E-state index contributed by atoms with van der Waals surface area (Å²) in [6.45, 7) is 3.61. The first kappa shape index (κ1) is 17.2. The maximum atomic E-state index is 12.1. The second-order valence-corrected chi connectivity index (χ2v) is 6.77. The van der Waals surface area contributed by atoms with Crippen molar-refractivity contribution in [2.24, 2.45) is 0 Å². The van der Waals surface area contributed by atoms with Crippen LogP contribution in [-0.2, 0) is 11.2 Å². The Morgan fingerprint density at radius 3 is 2.52 bits per heavy atom. The molecule has 4 nitrogen and oxygen atoms in total. The summed E-state index contributed by atoms with van der Waals surface area (Å²) in [5, 5.41) is 4.07. The maximum Gasteiger partial charge on any atom is 0.224 e. The van der Waals surface area contributed by atoms with Crippen LogP contribution in [0, 0.1) is 6.92 Å². The number of rotatable bonds is 6. The van der Waals surface area contributed by atoms with Crippen molar-refractivity contribution >= 4 is 16.8 Å². The molecule has 0 aliphatic carbocycles. The van der Waals surface area contributed by atoms with E-state index < -0.39 is 0 Å². The van der Waals surface area contributed by atoms with Gasteiger partial charge in [0.05, 0.1) is 6.42 Å². The van der Waals surface area contributed by atoms with Crippen molar-refractivity contribution < 1.29 is 4.79 Å². The van der Waals surface area contributed by atoms with Gasteiger partial charge in [-0.25, -0.2) is 0 Å². The normalized spacial score (nSPS) is 11.2. The SMILES string of the molecule is Cc1ccc(-c2ccc3c(CC(=O)NCCN(C)C)c[nH]c3c2)cc1. The predicted molar refractivity (Wildman–Crippen MR) is 104 cm³/mol. The van der Waals surface area contributed by atoms with Crippen LogP contribution in [0.1, 0.15) is 11.1 Å². The minimum absolute atomic E-state index is 0.0605. The molecule has 25 heavy (non-hydrogen) atoms. The second-order valence-electron chi connectivity index (χ2n) is 6.77. The number of nitrogens with one attached hydrogen (secondary N) is 2. The number of nitrogens with zero attached hydrogens (tertiary/aromatic N) is 1. The van der Waals surface area contributed by atoms with Gasteiger partial charge in [0.15, 0.2) is 0 Å². The summed E-state index contributed by atoms with van der Waals surface area (Å²) in [4.78, 5) is 17.5. The Hall–Kier alpha value is -2.59. The smallest absolute Gasteiger partial charge is 0.224 e. The first-order valence-electron chi connectivity index (χ1n) is 8.61. The number of benzene rings is 2. The third-order valence-corrected chi connectivity index (χ3v) is 4.38. The fourth-order valence-electron chi connectivity index (χ4n) is 2.91. The zero-order valence-electron chi connectivity index (χ0n) is 15.1. The van der Waals surface area contributed by atoms with Gasteiger partial charge in [-0.3, -0.25) is 4.79 Å². The number of hydrogen-bond acceptors (Lipinski definition) is 2. The zero-order chi connectivity index (χ0) is 17.8. The summed E-state index contributed by atoms with van der Waals surface area (Å²) in [6, 6.07) is 14.9. The van der Waals surface area contributed by atoms with Gasteiger partial charge in [-0.15, -0.1) is 0 Å². The molecule has 3 rings (SSSR count). The van der Waals surface area contributed by atoms with Crippen LogP contribution in [-0.4, -0.2) is 43.0 Å². The third kappa shape index (κ3) is 4.28. The summed E-state index contributed by atoms with van der Waals surface area (Å²) < 4.78 is 0. The number of aromatic nitrogens is 1. The van der Waals surface area contributed by atoms with Crippen LogP contribution in [0.25, 0.3) is 22.0 Å².